The summed E-state index contributed by atoms with van der Waals surface area (Å²) in [6.07, 6.45) is 0.407. The van der Waals surface area contributed by atoms with E-state index in [1.807, 2.05) is 0 Å². The zero-order chi connectivity index (χ0) is 16.3. The fraction of sp³-hybridized carbons (Fsp3) is 1.00. The first-order valence-corrected chi connectivity index (χ1v) is 8.59. The van der Waals surface area contributed by atoms with Gasteiger partial charge < -0.3 is 4.74 Å². The minimum atomic E-state index is -2.63. The molecule has 2 rings (SSSR count). The lowest BCUT2D eigenvalue weighted by molar-refractivity contribution is -0.0858. The molecule has 0 aromatic carbocycles. The van der Waals surface area contributed by atoms with Crippen molar-refractivity contribution < 1.29 is 22.3 Å². The van der Waals surface area contributed by atoms with Crippen LogP contribution in [0.15, 0.2) is 0 Å². The van der Waals surface area contributed by atoms with Crippen molar-refractivity contribution >= 4 is 0 Å². The molecule has 4 unspecified atom stereocenters. The third-order valence-electron chi connectivity index (χ3n) is 5.38. The van der Waals surface area contributed by atoms with Crippen LogP contribution in [0.1, 0.15) is 58.8 Å². The number of rotatable bonds is 5. The molecule has 22 heavy (non-hydrogen) atoms. The molecule has 2 saturated carbocycles. The molecular formula is C17H28F4O. The molecule has 0 saturated heterocycles. The van der Waals surface area contributed by atoms with Crippen LogP contribution in [0.25, 0.3) is 0 Å². The molecule has 0 aromatic rings. The van der Waals surface area contributed by atoms with E-state index in [1.165, 1.54) is 0 Å². The van der Waals surface area contributed by atoms with E-state index in [-0.39, 0.29) is 24.2 Å². The van der Waals surface area contributed by atoms with Crippen LogP contribution in [-0.2, 0) is 4.74 Å². The number of alkyl halides is 4. The Kier molecular flexibility index (Phi) is 6.14. The molecule has 0 bridgehead atoms. The number of hydrogen-bond acceptors (Lipinski definition) is 1. The van der Waals surface area contributed by atoms with Gasteiger partial charge in [0.15, 0.2) is 6.17 Å². The molecule has 2 aliphatic carbocycles. The molecule has 2 aliphatic rings. The highest BCUT2D eigenvalue weighted by molar-refractivity contribution is 4.93. The van der Waals surface area contributed by atoms with E-state index in [0.717, 1.165) is 19.8 Å². The Morgan fingerprint density at radius 2 is 1.59 bits per heavy atom. The molecule has 0 radical (unpaired) electrons. The van der Waals surface area contributed by atoms with Gasteiger partial charge in [0, 0.05) is 13.0 Å². The molecule has 0 aromatic heterocycles. The van der Waals surface area contributed by atoms with Gasteiger partial charge >= 0.3 is 0 Å². The van der Waals surface area contributed by atoms with Gasteiger partial charge in [-0.05, 0) is 70.1 Å². The molecular weight excluding hydrogens is 296 g/mol. The first kappa shape index (κ1) is 18.0. The molecule has 1 nitrogen and oxygen atoms in total. The fourth-order valence-electron chi connectivity index (χ4n) is 4.33. The van der Waals surface area contributed by atoms with Gasteiger partial charge in [-0.15, -0.1) is 0 Å². The Morgan fingerprint density at radius 1 is 0.955 bits per heavy atom. The maximum Gasteiger partial charge on any atom is 0.245 e. The Bertz CT molecular complexity index is 336. The van der Waals surface area contributed by atoms with E-state index in [0.29, 0.717) is 32.3 Å². The van der Waals surface area contributed by atoms with E-state index in [2.05, 4.69) is 0 Å². The average molecular weight is 324 g/mol. The molecule has 5 heteroatoms. The van der Waals surface area contributed by atoms with Crippen molar-refractivity contribution in [3.63, 3.8) is 0 Å². The lowest BCUT2D eigenvalue weighted by Crippen LogP contribution is -2.45. The fourth-order valence-corrected chi connectivity index (χ4v) is 4.33. The van der Waals surface area contributed by atoms with E-state index in [9.17, 15) is 17.6 Å². The minimum absolute atomic E-state index is 0.0234. The van der Waals surface area contributed by atoms with Gasteiger partial charge in [-0.25, -0.2) is 17.6 Å². The Balaban J connectivity index is 1.84. The van der Waals surface area contributed by atoms with Crippen LogP contribution in [0.2, 0.25) is 0 Å². The molecule has 0 amide bonds. The molecule has 0 N–H and O–H groups in total. The van der Waals surface area contributed by atoms with Crippen LogP contribution in [0, 0.1) is 17.8 Å². The predicted octanol–water partition coefficient (Wildman–Crippen LogP) is 5.33. The number of hydrogen-bond donors (Lipinski definition) is 0. The monoisotopic (exact) mass is 324 g/mol. The van der Waals surface area contributed by atoms with Crippen LogP contribution >= 0.6 is 0 Å². The summed E-state index contributed by atoms with van der Waals surface area (Å²) < 4.78 is 59.9. The second-order valence-electron chi connectivity index (χ2n) is 7.18. The van der Waals surface area contributed by atoms with Crippen molar-refractivity contribution in [3.8, 4) is 0 Å². The van der Waals surface area contributed by atoms with Gasteiger partial charge in [0.2, 0.25) is 5.92 Å². The van der Waals surface area contributed by atoms with Crippen molar-refractivity contribution in [1.82, 2.24) is 0 Å². The summed E-state index contributed by atoms with van der Waals surface area (Å²) in [7, 11) is 0. The van der Waals surface area contributed by atoms with Gasteiger partial charge in [0.1, 0.15) is 6.17 Å². The third-order valence-corrected chi connectivity index (χ3v) is 5.38. The van der Waals surface area contributed by atoms with E-state index in [1.54, 1.807) is 6.92 Å². The lowest BCUT2D eigenvalue weighted by atomic mass is 9.68. The van der Waals surface area contributed by atoms with Gasteiger partial charge in [-0.2, -0.15) is 0 Å². The summed E-state index contributed by atoms with van der Waals surface area (Å²) in [5.74, 6) is -2.73. The summed E-state index contributed by atoms with van der Waals surface area (Å²) in [4.78, 5) is 0. The molecule has 130 valence electrons. The highest BCUT2D eigenvalue weighted by Crippen LogP contribution is 2.44. The first-order chi connectivity index (χ1) is 10.3. The van der Waals surface area contributed by atoms with E-state index < -0.39 is 24.4 Å². The summed E-state index contributed by atoms with van der Waals surface area (Å²) in [5, 5.41) is 0. The molecule has 0 aliphatic heterocycles. The predicted molar refractivity (Wildman–Crippen MR) is 78.6 cm³/mol. The van der Waals surface area contributed by atoms with Crippen molar-refractivity contribution in [1.29, 1.82) is 0 Å². The summed E-state index contributed by atoms with van der Waals surface area (Å²) in [6, 6.07) is 0. The minimum Gasteiger partial charge on any atom is -0.375 e. The summed E-state index contributed by atoms with van der Waals surface area (Å²) >= 11 is 0. The second kappa shape index (κ2) is 7.50. The van der Waals surface area contributed by atoms with Gasteiger partial charge in [-0.1, -0.05) is 0 Å². The molecule has 0 heterocycles. The quantitative estimate of drug-likeness (QED) is 0.621. The van der Waals surface area contributed by atoms with Crippen molar-refractivity contribution in [3.05, 3.63) is 0 Å². The van der Waals surface area contributed by atoms with Crippen LogP contribution in [-0.4, -0.2) is 31.0 Å². The third kappa shape index (κ3) is 4.59. The Labute approximate surface area is 130 Å². The highest BCUT2D eigenvalue weighted by Gasteiger charge is 2.44. The van der Waals surface area contributed by atoms with Crippen molar-refractivity contribution in [2.45, 2.75) is 83.2 Å². The summed E-state index contributed by atoms with van der Waals surface area (Å²) in [6.45, 7) is 3.15. The van der Waals surface area contributed by atoms with E-state index >= 15 is 0 Å². The maximum absolute atomic E-state index is 14.4. The SMILES string of the molecule is CCOC1CCC(C2CCC(CC(C)(F)F)CC2)C(F)C1F. The number of ether oxygens (including phenoxy) is 1. The Hall–Kier alpha value is -0.320. The van der Waals surface area contributed by atoms with Crippen LogP contribution in [0.3, 0.4) is 0 Å². The van der Waals surface area contributed by atoms with Crippen LogP contribution in [0.4, 0.5) is 17.6 Å². The average Bonchev–Trinajstić information content (AvgIpc) is 2.44. The van der Waals surface area contributed by atoms with Gasteiger partial charge in [0.25, 0.3) is 0 Å². The molecule has 0 spiro atoms. The molecule has 2 fully saturated rings. The zero-order valence-electron chi connectivity index (χ0n) is 13.5. The van der Waals surface area contributed by atoms with Crippen LogP contribution < -0.4 is 0 Å². The largest absolute Gasteiger partial charge is 0.375 e. The second-order valence-corrected chi connectivity index (χ2v) is 7.18. The molecule has 4 atom stereocenters. The highest BCUT2D eigenvalue weighted by atomic mass is 19.3. The Morgan fingerprint density at radius 3 is 2.14 bits per heavy atom. The van der Waals surface area contributed by atoms with Gasteiger partial charge in [-0.3, -0.25) is 0 Å². The lowest BCUT2D eigenvalue weighted by Gasteiger charge is -2.41. The maximum atomic E-state index is 14.4. The van der Waals surface area contributed by atoms with Crippen molar-refractivity contribution in [2.75, 3.05) is 6.61 Å². The smallest absolute Gasteiger partial charge is 0.245 e. The van der Waals surface area contributed by atoms with Crippen LogP contribution in [0.5, 0.6) is 0 Å². The first-order valence-electron chi connectivity index (χ1n) is 8.59. The number of halogens is 4. The van der Waals surface area contributed by atoms with E-state index in [4.69, 9.17) is 4.74 Å². The van der Waals surface area contributed by atoms with Gasteiger partial charge in [0.05, 0.1) is 6.10 Å². The van der Waals surface area contributed by atoms with Crippen molar-refractivity contribution in [2.24, 2.45) is 17.8 Å². The summed E-state index contributed by atoms with van der Waals surface area (Å²) in [5.41, 5.74) is 0. The normalized spacial score (nSPS) is 40.6. The zero-order valence-corrected chi connectivity index (χ0v) is 13.5. The topological polar surface area (TPSA) is 9.23 Å². The standard InChI is InChI=1S/C17H28F4O/c1-3-22-14-9-8-13(15(18)16(14)19)12-6-4-11(5-7-12)10-17(2,20)21/h11-16H,3-10H2,1-2H3.